The van der Waals surface area contributed by atoms with E-state index in [9.17, 15) is 5.11 Å². The van der Waals surface area contributed by atoms with Crippen molar-refractivity contribution in [1.82, 2.24) is 0 Å². The summed E-state index contributed by atoms with van der Waals surface area (Å²) < 4.78 is 0. The zero-order valence-electron chi connectivity index (χ0n) is 8.80. The van der Waals surface area contributed by atoms with Crippen molar-refractivity contribution < 1.29 is 5.11 Å². The number of hydrogen-bond donors (Lipinski definition) is 2. The first-order valence-electron chi connectivity index (χ1n) is 4.70. The van der Waals surface area contributed by atoms with Crippen LogP contribution in [0, 0.1) is 5.41 Å². The SMILES string of the molecule is CC(C)(CO)C(N)c1ccc(Cl)c(Cl)c1. The highest BCUT2D eigenvalue weighted by molar-refractivity contribution is 6.42. The molecule has 0 aliphatic heterocycles. The van der Waals surface area contributed by atoms with Crippen LogP contribution in [0.4, 0.5) is 0 Å². The molecule has 0 aliphatic rings. The van der Waals surface area contributed by atoms with E-state index in [0.29, 0.717) is 10.0 Å². The predicted octanol–water partition coefficient (Wildman–Crippen LogP) is 3.01. The molecule has 0 aliphatic carbocycles. The third-order valence-electron chi connectivity index (χ3n) is 2.55. The molecule has 1 aromatic rings. The summed E-state index contributed by atoms with van der Waals surface area (Å²) in [5.74, 6) is 0. The monoisotopic (exact) mass is 247 g/mol. The van der Waals surface area contributed by atoms with Gasteiger partial charge in [0, 0.05) is 18.1 Å². The topological polar surface area (TPSA) is 46.2 Å². The summed E-state index contributed by atoms with van der Waals surface area (Å²) in [5.41, 5.74) is 6.54. The maximum Gasteiger partial charge on any atom is 0.0595 e. The van der Waals surface area contributed by atoms with Crippen LogP contribution < -0.4 is 5.73 Å². The standard InChI is InChI=1S/C11H15Cl2NO/c1-11(2,6-15)10(14)7-3-4-8(12)9(13)5-7/h3-5,10,15H,6,14H2,1-2H3. The van der Waals surface area contributed by atoms with Crippen molar-refractivity contribution in [2.45, 2.75) is 19.9 Å². The number of aliphatic hydroxyl groups is 1. The van der Waals surface area contributed by atoms with Crippen molar-refractivity contribution in [3.05, 3.63) is 33.8 Å². The van der Waals surface area contributed by atoms with E-state index >= 15 is 0 Å². The van der Waals surface area contributed by atoms with Crippen molar-refractivity contribution in [3.8, 4) is 0 Å². The Balaban J connectivity index is 3.02. The van der Waals surface area contributed by atoms with Gasteiger partial charge in [-0.1, -0.05) is 43.1 Å². The normalized spacial score (nSPS) is 14.0. The number of aliphatic hydroxyl groups excluding tert-OH is 1. The van der Waals surface area contributed by atoms with Crippen LogP contribution in [-0.2, 0) is 0 Å². The summed E-state index contributed by atoms with van der Waals surface area (Å²) >= 11 is 11.7. The molecule has 1 aromatic carbocycles. The molecule has 15 heavy (non-hydrogen) atoms. The fourth-order valence-electron chi connectivity index (χ4n) is 1.26. The number of nitrogens with two attached hydrogens (primary N) is 1. The molecule has 84 valence electrons. The Labute approximate surface area is 100.0 Å². The van der Waals surface area contributed by atoms with Gasteiger partial charge in [0.15, 0.2) is 0 Å². The van der Waals surface area contributed by atoms with Gasteiger partial charge < -0.3 is 10.8 Å². The van der Waals surface area contributed by atoms with E-state index < -0.39 is 0 Å². The van der Waals surface area contributed by atoms with Crippen LogP contribution in [-0.4, -0.2) is 11.7 Å². The zero-order valence-corrected chi connectivity index (χ0v) is 10.3. The van der Waals surface area contributed by atoms with Crippen LogP contribution in [0.25, 0.3) is 0 Å². The van der Waals surface area contributed by atoms with Crippen LogP contribution in [0.1, 0.15) is 25.5 Å². The Morgan fingerprint density at radius 2 is 1.93 bits per heavy atom. The van der Waals surface area contributed by atoms with E-state index in [0.717, 1.165) is 5.56 Å². The van der Waals surface area contributed by atoms with Crippen LogP contribution in [0.2, 0.25) is 10.0 Å². The highest BCUT2D eigenvalue weighted by atomic mass is 35.5. The maximum absolute atomic E-state index is 9.21. The van der Waals surface area contributed by atoms with Gasteiger partial charge in [0.2, 0.25) is 0 Å². The lowest BCUT2D eigenvalue weighted by atomic mass is 9.82. The molecule has 1 rings (SSSR count). The summed E-state index contributed by atoms with van der Waals surface area (Å²) in [7, 11) is 0. The summed E-state index contributed by atoms with van der Waals surface area (Å²) in [6, 6.07) is 5.02. The third-order valence-corrected chi connectivity index (χ3v) is 3.29. The molecular formula is C11H15Cl2NO. The summed E-state index contributed by atoms with van der Waals surface area (Å²) in [5, 5.41) is 10.2. The summed E-state index contributed by atoms with van der Waals surface area (Å²) in [6.07, 6.45) is 0. The lowest BCUT2D eigenvalue weighted by molar-refractivity contribution is 0.132. The Morgan fingerprint density at radius 3 is 2.40 bits per heavy atom. The van der Waals surface area contributed by atoms with Crippen LogP contribution >= 0.6 is 23.2 Å². The minimum Gasteiger partial charge on any atom is -0.396 e. The minimum atomic E-state index is -0.378. The zero-order chi connectivity index (χ0) is 11.6. The van der Waals surface area contributed by atoms with Gasteiger partial charge in [0.1, 0.15) is 0 Å². The first kappa shape index (κ1) is 12.8. The lowest BCUT2D eigenvalue weighted by Gasteiger charge is -2.29. The molecule has 0 bridgehead atoms. The van der Waals surface area contributed by atoms with Gasteiger partial charge in [-0.15, -0.1) is 0 Å². The summed E-state index contributed by atoms with van der Waals surface area (Å²) in [6.45, 7) is 3.83. The molecule has 4 heteroatoms. The molecule has 0 fully saturated rings. The van der Waals surface area contributed by atoms with E-state index in [2.05, 4.69) is 0 Å². The van der Waals surface area contributed by atoms with Crippen molar-refractivity contribution >= 4 is 23.2 Å². The second kappa shape index (κ2) is 4.71. The Hall–Kier alpha value is -0.280. The molecule has 0 radical (unpaired) electrons. The highest BCUT2D eigenvalue weighted by Gasteiger charge is 2.27. The average molecular weight is 248 g/mol. The van der Waals surface area contributed by atoms with Gasteiger partial charge in [-0.2, -0.15) is 0 Å². The first-order chi connectivity index (χ1) is 6.88. The average Bonchev–Trinajstić information content (AvgIpc) is 2.21. The molecule has 0 spiro atoms. The second-order valence-corrected chi connectivity index (χ2v) is 5.11. The number of benzene rings is 1. The quantitative estimate of drug-likeness (QED) is 0.863. The second-order valence-electron chi connectivity index (χ2n) is 4.30. The molecule has 1 unspecified atom stereocenters. The van der Waals surface area contributed by atoms with Crippen molar-refractivity contribution in [1.29, 1.82) is 0 Å². The molecule has 0 saturated carbocycles. The highest BCUT2D eigenvalue weighted by Crippen LogP contribution is 2.33. The third kappa shape index (κ3) is 2.85. The van der Waals surface area contributed by atoms with Gasteiger partial charge in [0.05, 0.1) is 10.0 Å². The van der Waals surface area contributed by atoms with E-state index in [1.165, 1.54) is 0 Å². The van der Waals surface area contributed by atoms with Crippen LogP contribution in [0.15, 0.2) is 18.2 Å². The molecule has 0 heterocycles. The molecule has 0 saturated heterocycles. The summed E-state index contributed by atoms with van der Waals surface area (Å²) in [4.78, 5) is 0. The van der Waals surface area contributed by atoms with Crippen molar-refractivity contribution in [2.24, 2.45) is 11.1 Å². The van der Waals surface area contributed by atoms with Gasteiger partial charge in [0.25, 0.3) is 0 Å². The Morgan fingerprint density at radius 1 is 1.33 bits per heavy atom. The fourth-order valence-corrected chi connectivity index (χ4v) is 1.56. The number of halogens is 2. The Bertz CT molecular complexity index is 352. The van der Waals surface area contributed by atoms with Gasteiger partial charge in [-0.3, -0.25) is 0 Å². The van der Waals surface area contributed by atoms with Crippen molar-refractivity contribution in [3.63, 3.8) is 0 Å². The fraction of sp³-hybridized carbons (Fsp3) is 0.455. The van der Waals surface area contributed by atoms with E-state index in [1.54, 1.807) is 12.1 Å². The molecular weight excluding hydrogens is 233 g/mol. The van der Waals surface area contributed by atoms with Crippen LogP contribution in [0.3, 0.4) is 0 Å². The van der Waals surface area contributed by atoms with Gasteiger partial charge in [-0.25, -0.2) is 0 Å². The van der Waals surface area contributed by atoms with Crippen LogP contribution in [0.5, 0.6) is 0 Å². The number of hydrogen-bond acceptors (Lipinski definition) is 2. The Kier molecular flexibility index (Phi) is 4.01. The first-order valence-corrected chi connectivity index (χ1v) is 5.45. The van der Waals surface area contributed by atoms with E-state index in [4.69, 9.17) is 28.9 Å². The minimum absolute atomic E-state index is 0.0222. The van der Waals surface area contributed by atoms with E-state index in [-0.39, 0.29) is 18.1 Å². The number of rotatable bonds is 3. The van der Waals surface area contributed by atoms with Gasteiger partial charge in [-0.05, 0) is 17.7 Å². The maximum atomic E-state index is 9.21. The smallest absolute Gasteiger partial charge is 0.0595 e. The van der Waals surface area contributed by atoms with Gasteiger partial charge >= 0.3 is 0 Å². The molecule has 0 amide bonds. The van der Waals surface area contributed by atoms with E-state index in [1.807, 2.05) is 19.9 Å². The predicted molar refractivity (Wildman–Crippen MR) is 64.3 cm³/mol. The molecule has 1 atom stereocenters. The lowest BCUT2D eigenvalue weighted by Crippen LogP contribution is -2.32. The molecule has 2 nitrogen and oxygen atoms in total. The molecule has 3 N–H and O–H groups in total. The van der Waals surface area contributed by atoms with Crippen molar-refractivity contribution in [2.75, 3.05) is 6.61 Å². The largest absolute Gasteiger partial charge is 0.396 e. The molecule has 0 aromatic heterocycles.